The van der Waals surface area contributed by atoms with Crippen molar-refractivity contribution in [1.82, 2.24) is 0 Å². The van der Waals surface area contributed by atoms with Crippen LogP contribution in [0.3, 0.4) is 0 Å². The Morgan fingerprint density at radius 1 is 1.82 bits per heavy atom. The van der Waals surface area contributed by atoms with Gasteiger partial charge in [-0.25, -0.2) is 4.79 Å². The molecular formula is C6H10N2O2S. The molecule has 0 aromatic heterocycles. The summed E-state index contributed by atoms with van der Waals surface area (Å²) in [4.78, 5) is 23.6. The monoisotopic (exact) mass is 174 g/mol. The Hall–Kier alpha value is -0.800. The molecule has 1 unspecified atom stereocenters. The van der Waals surface area contributed by atoms with Gasteiger partial charge in [0.1, 0.15) is 6.04 Å². The summed E-state index contributed by atoms with van der Waals surface area (Å²) < 4.78 is 0. The van der Waals surface area contributed by atoms with Crippen LogP contribution in [0.15, 0.2) is 4.99 Å². The van der Waals surface area contributed by atoms with Crippen molar-refractivity contribution in [1.29, 1.82) is 0 Å². The molecule has 4 nitrogen and oxygen atoms in total. The number of carbonyl (C=O) groups is 1. The van der Waals surface area contributed by atoms with E-state index in [0.29, 0.717) is 6.42 Å². The molecular weight excluding hydrogens is 164 g/mol. The molecule has 1 amide bonds. The minimum absolute atomic E-state index is 0.506. The maximum Gasteiger partial charge on any atom is 0.243 e. The van der Waals surface area contributed by atoms with Gasteiger partial charge in [-0.05, 0) is 18.4 Å². The van der Waals surface area contributed by atoms with Crippen molar-refractivity contribution in [3.8, 4) is 0 Å². The van der Waals surface area contributed by atoms with Crippen molar-refractivity contribution >= 4 is 23.7 Å². The number of aliphatic imine (C=N–C) groups is 1. The number of nitrogens with two attached hydrogens (primary N) is 1. The Morgan fingerprint density at radius 3 is 2.82 bits per heavy atom. The van der Waals surface area contributed by atoms with E-state index in [1.807, 2.05) is 6.26 Å². The topological polar surface area (TPSA) is 72.5 Å². The quantitative estimate of drug-likeness (QED) is 0.468. The van der Waals surface area contributed by atoms with Crippen LogP contribution in [0.4, 0.5) is 0 Å². The van der Waals surface area contributed by atoms with Crippen LogP contribution in [0.1, 0.15) is 6.42 Å². The van der Waals surface area contributed by atoms with Crippen LogP contribution in [-0.2, 0) is 9.59 Å². The summed E-state index contributed by atoms with van der Waals surface area (Å²) in [5, 5.41) is 0. The highest BCUT2D eigenvalue weighted by atomic mass is 32.2. The Kier molecular flexibility index (Phi) is 5.51. The number of isocyanates is 1. The van der Waals surface area contributed by atoms with Gasteiger partial charge in [-0.3, -0.25) is 4.79 Å². The number of primary amides is 1. The molecule has 0 aromatic carbocycles. The third kappa shape index (κ3) is 4.58. The molecule has 0 bridgehead atoms. The van der Waals surface area contributed by atoms with Crippen molar-refractivity contribution in [2.45, 2.75) is 12.5 Å². The molecule has 0 aliphatic rings. The first-order chi connectivity index (χ1) is 5.22. The lowest BCUT2D eigenvalue weighted by atomic mass is 10.2. The Labute approximate surface area is 69.2 Å². The molecule has 0 saturated carbocycles. The third-order valence-electron chi connectivity index (χ3n) is 1.13. The van der Waals surface area contributed by atoms with Gasteiger partial charge >= 0.3 is 0 Å². The number of hydrogen-bond acceptors (Lipinski definition) is 4. The summed E-state index contributed by atoms with van der Waals surface area (Å²) >= 11 is 1.58. The van der Waals surface area contributed by atoms with Crippen LogP contribution in [0.5, 0.6) is 0 Å². The van der Waals surface area contributed by atoms with Crippen LogP contribution in [0, 0.1) is 0 Å². The molecule has 0 saturated heterocycles. The van der Waals surface area contributed by atoms with Gasteiger partial charge in [0.2, 0.25) is 12.0 Å². The van der Waals surface area contributed by atoms with Gasteiger partial charge in [0.05, 0.1) is 0 Å². The van der Waals surface area contributed by atoms with Crippen LogP contribution in [0.25, 0.3) is 0 Å². The van der Waals surface area contributed by atoms with E-state index in [-0.39, 0.29) is 0 Å². The summed E-state index contributed by atoms with van der Waals surface area (Å²) in [5.41, 5.74) is 4.94. The maximum absolute atomic E-state index is 10.5. The molecule has 62 valence electrons. The van der Waals surface area contributed by atoms with Crippen molar-refractivity contribution in [3.05, 3.63) is 0 Å². The van der Waals surface area contributed by atoms with E-state index in [2.05, 4.69) is 4.99 Å². The highest BCUT2D eigenvalue weighted by molar-refractivity contribution is 7.98. The van der Waals surface area contributed by atoms with Crippen LogP contribution >= 0.6 is 11.8 Å². The van der Waals surface area contributed by atoms with Gasteiger partial charge in [0, 0.05) is 0 Å². The second-order valence-corrected chi connectivity index (χ2v) is 2.91. The van der Waals surface area contributed by atoms with Crippen LogP contribution in [-0.4, -0.2) is 30.0 Å². The number of thioether (sulfide) groups is 1. The first kappa shape index (κ1) is 10.2. The zero-order valence-electron chi connectivity index (χ0n) is 6.24. The van der Waals surface area contributed by atoms with Crippen molar-refractivity contribution in [2.75, 3.05) is 12.0 Å². The highest BCUT2D eigenvalue weighted by Crippen LogP contribution is 2.02. The normalized spacial score (nSPS) is 11.7. The number of carbonyl (C=O) groups excluding carboxylic acids is 2. The zero-order chi connectivity index (χ0) is 8.69. The SMILES string of the molecule is CSCCC(N=C=O)C(N)=O. The molecule has 0 aromatic rings. The van der Waals surface area contributed by atoms with Gasteiger partial charge in [-0.1, -0.05) is 0 Å². The smallest absolute Gasteiger partial charge is 0.243 e. The van der Waals surface area contributed by atoms with Gasteiger partial charge in [0.25, 0.3) is 0 Å². The largest absolute Gasteiger partial charge is 0.368 e. The Bertz CT molecular complexity index is 175. The van der Waals surface area contributed by atoms with Crippen molar-refractivity contribution in [3.63, 3.8) is 0 Å². The standard InChI is InChI=1S/C6H10N2O2S/c1-11-3-2-5(6(7)10)8-4-9/h5H,2-3H2,1H3,(H2,7,10). The molecule has 0 heterocycles. The van der Waals surface area contributed by atoms with E-state index in [1.165, 1.54) is 6.08 Å². The lowest BCUT2D eigenvalue weighted by Crippen LogP contribution is -2.27. The van der Waals surface area contributed by atoms with E-state index in [9.17, 15) is 9.59 Å². The molecule has 0 fully saturated rings. The fourth-order valence-corrected chi connectivity index (χ4v) is 1.02. The van der Waals surface area contributed by atoms with Crippen molar-refractivity contribution in [2.24, 2.45) is 10.7 Å². The van der Waals surface area contributed by atoms with E-state index in [4.69, 9.17) is 5.73 Å². The Morgan fingerprint density at radius 2 is 2.45 bits per heavy atom. The molecule has 0 aliphatic heterocycles. The average molecular weight is 174 g/mol. The molecule has 11 heavy (non-hydrogen) atoms. The molecule has 0 radical (unpaired) electrons. The van der Waals surface area contributed by atoms with Gasteiger partial charge < -0.3 is 5.73 Å². The minimum atomic E-state index is -0.694. The Balaban J connectivity index is 3.89. The molecule has 1 atom stereocenters. The molecule has 5 heteroatoms. The van der Waals surface area contributed by atoms with E-state index in [1.54, 1.807) is 11.8 Å². The van der Waals surface area contributed by atoms with E-state index >= 15 is 0 Å². The minimum Gasteiger partial charge on any atom is -0.368 e. The summed E-state index contributed by atoms with van der Waals surface area (Å²) in [6.45, 7) is 0. The predicted molar refractivity (Wildman–Crippen MR) is 44.1 cm³/mol. The first-order valence-corrected chi connectivity index (χ1v) is 4.47. The van der Waals surface area contributed by atoms with Gasteiger partial charge in [-0.2, -0.15) is 16.8 Å². The first-order valence-electron chi connectivity index (χ1n) is 3.07. The van der Waals surface area contributed by atoms with Gasteiger partial charge in [-0.15, -0.1) is 0 Å². The molecule has 2 N–H and O–H groups in total. The molecule has 0 rings (SSSR count). The lowest BCUT2D eigenvalue weighted by Gasteiger charge is -2.02. The summed E-state index contributed by atoms with van der Waals surface area (Å²) in [6.07, 6.45) is 3.73. The van der Waals surface area contributed by atoms with Gasteiger partial charge in [0.15, 0.2) is 0 Å². The second-order valence-electron chi connectivity index (χ2n) is 1.92. The zero-order valence-corrected chi connectivity index (χ0v) is 7.06. The fourth-order valence-electron chi connectivity index (χ4n) is 0.564. The van der Waals surface area contributed by atoms with Crippen molar-refractivity contribution < 1.29 is 9.59 Å². The van der Waals surface area contributed by atoms with E-state index < -0.39 is 11.9 Å². The van der Waals surface area contributed by atoms with E-state index in [0.717, 1.165) is 5.75 Å². The fraction of sp³-hybridized carbons (Fsp3) is 0.667. The average Bonchev–Trinajstić information content (AvgIpc) is 1.97. The number of nitrogens with zero attached hydrogens (tertiary/aromatic N) is 1. The summed E-state index contributed by atoms with van der Waals surface area (Å²) in [6, 6.07) is -0.694. The lowest BCUT2D eigenvalue weighted by molar-refractivity contribution is -0.119. The van der Waals surface area contributed by atoms with Crippen LogP contribution < -0.4 is 5.73 Å². The summed E-state index contributed by atoms with van der Waals surface area (Å²) in [7, 11) is 0. The third-order valence-corrected chi connectivity index (χ3v) is 1.78. The highest BCUT2D eigenvalue weighted by Gasteiger charge is 2.12. The maximum atomic E-state index is 10.5. The number of hydrogen-bond donors (Lipinski definition) is 1. The number of amides is 1. The predicted octanol–water partition coefficient (Wildman–Crippen LogP) is -0.0708. The second kappa shape index (κ2) is 5.95. The molecule has 0 aliphatic carbocycles. The summed E-state index contributed by atoms with van der Waals surface area (Å²) in [5.74, 6) is 0.195. The number of rotatable bonds is 5. The molecule has 0 spiro atoms. The van der Waals surface area contributed by atoms with Crippen LogP contribution in [0.2, 0.25) is 0 Å².